The molecule has 1 aromatic carbocycles. The first-order chi connectivity index (χ1) is 7.69. The fourth-order valence-corrected chi connectivity index (χ4v) is 2.42. The van der Waals surface area contributed by atoms with Gasteiger partial charge in [-0.05, 0) is 36.6 Å². The Morgan fingerprint density at radius 2 is 1.81 bits per heavy atom. The average molecular weight is 284 g/mol. The van der Waals surface area contributed by atoms with E-state index in [-0.39, 0.29) is 0 Å². The zero-order valence-electron chi connectivity index (χ0n) is 10.5. The summed E-state index contributed by atoms with van der Waals surface area (Å²) in [5, 5.41) is 3.59. The number of benzene rings is 1. The van der Waals surface area contributed by atoms with E-state index in [0.29, 0.717) is 12.0 Å². The number of rotatable bonds is 6. The smallest absolute Gasteiger partial charge is 0.0345 e. The molecule has 0 fully saturated rings. The van der Waals surface area contributed by atoms with Crippen molar-refractivity contribution in [1.29, 1.82) is 0 Å². The summed E-state index contributed by atoms with van der Waals surface area (Å²) in [6.45, 7) is 7.78. The van der Waals surface area contributed by atoms with Crippen molar-refractivity contribution in [3.63, 3.8) is 0 Å². The van der Waals surface area contributed by atoms with Gasteiger partial charge in [-0.2, -0.15) is 0 Å². The third kappa shape index (κ3) is 3.91. The fraction of sp³-hybridized carbons (Fsp3) is 0.571. The topological polar surface area (TPSA) is 12.0 Å². The molecule has 16 heavy (non-hydrogen) atoms. The molecule has 1 N–H and O–H groups in total. The highest BCUT2D eigenvalue weighted by molar-refractivity contribution is 9.10. The van der Waals surface area contributed by atoms with Gasteiger partial charge in [-0.3, -0.25) is 0 Å². The Morgan fingerprint density at radius 1 is 1.19 bits per heavy atom. The van der Waals surface area contributed by atoms with Gasteiger partial charge in [0.1, 0.15) is 0 Å². The van der Waals surface area contributed by atoms with Gasteiger partial charge in [-0.1, -0.05) is 55.3 Å². The third-order valence-corrected chi connectivity index (χ3v) is 3.49. The molecule has 0 saturated heterocycles. The van der Waals surface area contributed by atoms with Crippen LogP contribution in [0, 0.1) is 5.92 Å². The van der Waals surface area contributed by atoms with Crippen molar-refractivity contribution >= 4 is 15.9 Å². The predicted molar refractivity (Wildman–Crippen MR) is 74.6 cm³/mol. The summed E-state index contributed by atoms with van der Waals surface area (Å²) < 4.78 is 1.15. The summed E-state index contributed by atoms with van der Waals surface area (Å²) in [4.78, 5) is 0. The van der Waals surface area contributed by atoms with Crippen LogP contribution in [0.1, 0.15) is 45.2 Å². The van der Waals surface area contributed by atoms with Crippen LogP contribution >= 0.6 is 15.9 Å². The van der Waals surface area contributed by atoms with Crippen molar-refractivity contribution in [2.45, 2.75) is 39.7 Å². The van der Waals surface area contributed by atoms with Crippen molar-refractivity contribution in [3.05, 3.63) is 34.3 Å². The Morgan fingerprint density at radius 3 is 2.31 bits per heavy atom. The summed E-state index contributed by atoms with van der Waals surface area (Å²) >= 11 is 3.48. The summed E-state index contributed by atoms with van der Waals surface area (Å²) in [5.41, 5.74) is 1.39. The molecule has 1 nitrogen and oxygen atoms in total. The van der Waals surface area contributed by atoms with Crippen LogP contribution in [-0.2, 0) is 0 Å². The Balaban J connectivity index is 2.79. The van der Waals surface area contributed by atoms with E-state index in [1.54, 1.807) is 0 Å². The van der Waals surface area contributed by atoms with Gasteiger partial charge in [0, 0.05) is 10.5 Å². The lowest BCUT2D eigenvalue weighted by Crippen LogP contribution is -2.26. The van der Waals surface area contributed by atoms with E-state index < -0.39 is 0 Å². The standard InChI is InChI=1S/C14H22BrN/c1-4-6-11(3)14(16-5-2)12-7-9-13(15)10-8-12/h7-11,14,16H,4-6H2,1-3H3. The summed E-state index contributed by atoms with van der Waals surface area (Å²) in [6.07, 6.45) is 2.52. The molecular formula is C14H22BrN. The van der Waals surface area contributed by atoms with Crippen LogP contribution in [0.5, 0.6) is 0 Å². The summed E-state index contributed by atoms with van der Waals surface area (Å²) in [7, 11) is 0. The second-order valence-corrected chi connectivity index (χ2v) is 5.27. The van der Waals surface area contributed by atoms with Crippen molar-refractivity contribution in [2.24, 2.45) is 5.92 Å². The first-order valence-corrected chi connectivity index (χ1v) is 6.97. The highest BCUT2D eigenvalue weighted by Gasteiger charge is 2.17. The largest absolute Gasteiger partial charge is 0.310 e. The molecule has 0 aromatic heterocycles. The minimum atomic E-state index is 0.484. The van der Waals surface area contributed by atoms with Crippen LogP contribution in [0.25, 0.3) is 0 Å². The van der Waals surface area contributed by atoms with E-state index in [2.05, 4.69) is 66.3 Å². The molecule has 0 aliphatic rings. The predicted octanol–water partition coefficient (Wildman–Crippen LogP) is 4.54. The summed E-state index contributed by atoms with van der Waals surface area (Å²) in [5.74, 6) is 0.686. The third-order valence-electron chi connectivity index (χ3n) is 2.97. The van der Waals surface area contributed by atoms with Gasteiger partial charge in [0.15, 0.2) is 0 Å². The van der Waals surface area contributed by atoms with E-state index in [9.17, 15) is 0 Å². The molecule has 0 spiro atoms. The maximum absolute atomic E-state index is 3.59. The molecule has 0 heterocycles. The molecule has 2 atom stereocenters. The molecule has 0 amide bonds. The highest BCUT2D eigenvalue weighted by Crippen LogP contribution is 2.26. The fourth-order valence-electron chi connectivity index (χ4n) is 2.16. The Kier molecular flexibility index (Phi) is 6.07. The highest BCUT2D eigenvalue weighted by atomic mass is 79.9. The average Bonchev–Trinajstić information content (AvgIpc) is 2.28. The summed E-state index contributed by atoms with van der Waals surface area (Å²) in [6, 6.07) is 9.15. The van der Waals surface area contributed by atoms with Crippen LogP contribution in [-0.4, -0.2) is 6.54 Å². The molecule has 0 bridgehead atoms. The molecule has 90 valence electrons. The van der Waals surface area contributed by atoms with E-state index in [0.717, 1.165) is 11.0 Å². The van der Waals surface area contributed by atoms with Gasteiger partial charge >= 0.3 is 0 Å². The lowest BCUT2D eigenvalue weighted by Gasteiger charge is -2.25. The van der Waals surface area contributed by atoms with Crippen molar-refractivity contribution in [1.82, 2.24) is 5.32 Å². The Bertz CT molecular complexity index is 294. The second kappa shape index (κ2) is 7.08. The number of halogens is 1. The number of hydrogen-bond acceptors (Lipinski definition) is 1. The maximum Gasteiger partial charge on any atom is 0.0345 e. The van der Waals surface area contributed by atoms with E-state index >= 15 is 0 Å². The molecule has 1 aromatic rings. The van der Waals surface area contributed by atoms with Crippen LogP contribution < -0.4 is 5.32 Å². The molecule has 0 saturated carbocycles. The Hall–Kier alpha value is -0.340. The molecule has 2 unspecified atom stereocenters. The Labute approximate surface area is 108 Å². The first-order valence-electron chi connectivity index (χ1n) is 6.17. The van der Waals surface area contributed by atoms with Gasteiger partial charge in [0.05, 0.1) is 0 Å². The molecular weight excluding hydrogens is 262 g/mol. The normalized spacial score (nSPS) is 14.8. The van der Waals surface area contributed by atoms with Crippen LogP contribution in [0.3, 0.4) is 0 Å². The zero-order chi connectivity index (χ0) is 12.0. The molecule has 0 aliphatic carbocycles. The van der Waals surface area contributed by atoms with Gasteiger partial charge < -0.3 is 5.32 Å². The van der Waals surface area contributed by atoms with E-state index in [1.807, 2.05) is 0 Å². The molecule has 0 radical (unpaired) electrons. The number of hydrogen-bond donors (Lipinski definition) is 1. The molecule has 0 aliphatic heterocycles. The van der Waals surface area contributed by atoms with Crippen molar-refractivity contribution < 1.29 is 0 Å². The van der Waals surface area contributed by atoms with Crippen molar-refractivity contribution in [3.8, 4) is 0 Å². The quantitative estimate of drug-likeness (QED) is 0.809. The van der Waals surface area contributed by atoms with Crippen molar-refractivity contribution in [2.75, 3.05) is 6.54 Å². The van der Waals surface area contributed by atoms with Gasteiger partial charge in [-0.15, -0.1) is 0 Å². The second-order valence-electron chi connectivity index (χ2n) is 4.35. The zero-order valence-corrected chi connectivity index (χ0v) is 12.0. The monoisotopic (exact) mass is 283 g/mol. The van der Waals surface area contributed by atoms with Gasteiger partial charge in [0.25, 0.3) is 0 Å². The molecule has 2 heteroatoms. The van der Waals surface area contributed by atoms with Crippen LogP contribution in [0.4, 0.5) is 0 Å². The van der Waals surface area contributed by atoms with Crippen LogP contribution in [0.15, 0.2) is 28.7 Å². The number of nitrogens with one attached hydrogen (secondary N) is 1. The minimum Gasteiger partial charge on any atom is -0.310 e. The SMILES string of the molecule is CCCC(C)C(NCC)c1ccc(Br)cc1. The lowest BCUT2D eigenvalue weighted by molar-refractivity contribution is 0.369. The van der Waals surface area contributed by atoms with E-state index in [1.165, 1.54) is 18.4 Å². The minimum absolute atomic E-state index is 0.484. The first kappa shape index (κ1) is 13.7. The maximum atomic E-state index is 3.59. The van der Waals surface area contributed by atoms with Gasteiger partial charge in [0.2, 0.25) is 0 Å². The lowest BCUT2D eigenvalue weighted by atomic mass is 9.91. The van der Waals surface area contributed by atoms with E-state index in [4.69, 9.17) is 0 Å². The molecule has 1 rings (SSSR count). The van der Waals surface area contributed by atoms with Gasteiger partial charge in [-0.25, -0.2) is 0 Å². The van der Waals surface area contributed by atoms with Crippen LogP contribution in [0.2, 0.25) is 0 Å².